The number of sulfone groups is 2. The van der Waals surface area contributed by atoms with Crippen molar-refractivity contribution < 1.29 is 66.1 Å². The molecule has 0 fully saturated rings. The van der Waals surface area contributed by atoms with Crippen LogP contribution in [0.5, 0.6) is 0 Å². The van der Waals surface area contributed by atoms with E-state index in [4.69, 9.17) is 16.4 Å². The molecule has 3 aromatic rings. The van der Waals surface area contributed by atoms with Gasteiger partial charge in [-0.2, -0.15) is 4.39 Å². The Morgan fingerprint density at radius 3 is 1.28 bits per heavy atom. The third-order valence-corrected chi connectivity index (χ3v) is 11.8. The molecule has 22 heteroatoms. The summed E-state index contributed by atoms with van der Waals surface area (Å²) in [7, 11) is -5.16. The summed E-state index contributed by atoms with van der Waals surface area (Å²) in [5.41, 5.74) is 2.56. The van der Waals surface area contributed by atoms with Gasteiger partial charge >= 0.3 is 5.69 Å². The lowest BCUT2D eigenvalue weighted by Crippen LogP contribution is -2.12. The van der Waals surface area contributed by atoms with Crippen LogP contribution in [0, 0.1) is 45.0 Å². The highest BCUT2D eigenvalue weighted by Crippen LogP contribution is 2.24. The predicted molar refractivity (Wildman–Crippen MR) is 231 cm³/mol. The number of hydrogen-bond acceptors (Lipinski definition) is 11. The largest absolute Gasteiger partial charge is 0.394 e. The number of carbonyl (C=O) groups is 2. The summed E-state index contributed by atoms with van der Waals surface area (Å²) in [5.74, 6) is -7.63. The first-order chi connectivity index (χ1) is 26.1. The summed E-state index contributed by atoms with van der Waals surface area (Å²) in [6.45, 7) is 7.56. The number of nitrogens with zero attached hydrogens (tertiary/aromatic N) is 1. The van der Waals surface area contributed by atoms with E-state index in [1.54, 1.807) is 20.8 Å². The molecular weight excluding hydrogens is 902 g/mol. The minimum atomic E-state index is -3.41. The van der Waals surface area contributed by atoms with Crippen LogP contribution in [0.25, 0.3) is 0 Å². The minimum absolute atomic E-state index is 0. The molecule has 2 N–H and O–H groups in total. The van der Waals surface area contributed by atoms with Gasteiger partial charge in [0, 0.05) is 51.8 Å². The molecule has 0 radical (unpaired) electrons. The lowest BCUT2D eigenvalue weighted by atomic mass is 10.1. The zero-order chi connectivity index (χ0) is 44.5. The molecule has 3 rings (SSSR count). The van der Waals surface area contributed by atoms with Crippen molar-refractivity contribution in [1.82, 2.24) is 0 Å². The van der Waals surface area contributed by atoms with Crippen LogP contribution >= 0.6 is 10.7 Å². The van der Waals surface area contributed by atoms with Gasteiger partial charge in [-0.25, -0.2) is 47.2 Å². The first kappa shape index (κ1) is 66.0. The molecule has 0 aliphatic heterocycles. The van der Waals surface area contributed by atoms with E-state index in [0.29, 0.717) is 19.3 Å². The van der Waals surface area contributed by atoms with Crippen molar-refractivity contribution in [1.29, 1.82) is 0 Å². The molecule has 0 aliphatic carbocycles. The van der Waals surface area contributed by atoms with Gasteiger partial charge in [-0.3, -0.25) is 19.7 Å². The van der Waals surface area contributed by atoms with Crippen molar-refractivity contribution in [2.24, 2.45) is 0 Å². The summed E-state index contributed by atoms with van der Waals surface area (Å²) < 4.78 is 146. The quantitative estimate of drug-likeness (QED) is 0.0499. The smallest absolute Gasteiger partial charge is 0.305 e. The van der Waals surface area contributed by atoms with E-state index in [2.05, 4.69) is 0 Å². The maximum atomic E-state index is 14.0. The summed E-state index contributed by atoms with van der Waals surface area (Å²) in [4.78, 5) is 31.0. The fraction of sp³-hybridized carbons (Fsp3) is 0.487. The summed E-state index contributed by atoms with van der Waals surface area (Å²) >= 11 is 0. The van der Waals surface area contributed by atoms with Gasteiger partial charge in [0.25, 0.3) is 0 Å². The number of ketones is 2. The van der Waals surface area contributed by atoms with Crippen LogP contribution in [-0.4, -0.2) is 59.0 Å². The first-order valence-electron chi connectivity index (χ1n) is 16.7. The first-order valence-corrected chi connectivity index (χ1v) is 22.9. The van der Waals surface area contributed by atoms with Crippen LogP contribution in [0.4, 0.5) is 37.7 Å². The molecule has 0 amide bonds. The van der Waals surface area contributed by atoms with Crippen LogP contribution < -0.4 is 5.73 Å². The Morgan fingerprint density at radius 1 is 0.607 bits per heavy atom. The van der Waals surface area contributed by atoms with E-state index < -0.39 is 109 Å². The minimum Gasteiger partial charge on any atom is -0.394 e. The van der Waals surface area contributed by atoms with Crippen molar-refractivity contribution in [3.63, 3.8) is 0 Å². The Kier molecular flexibility index (Phi) is 32.5. The fourth-order valence-electron chi connectivity index (χ4n) is 4.52. The second kappa shape index (κ2) is 30.0. The maximum absolute atomic E-state index is 14.0. The molecule has 0 saturated heterocycles. The number of nitrogen functional groups attached to an aromatic ring is 1. The van der Waals surface area contributed by atoms with Crippen molar-refractivity contribution in [2.45, 2.75) is 108 Å². The van der Waals surface area contributed by atoms with Gasteiger partial charge < -0.3 is 5.73 Å². The maximum Gasteiger partial charge on any atom is 0.305 e. The number of nitro groups is 1. The highest BCUT2D eigenvalue weighted by Gasteiger charge is 2.22. The lowest BCUT2D eigenvalue weighted by molar-refractivity contribution is -0.387. The second-order valence-corrected chi connectivity index (χ2v) is 19.5. The zero-order valence-corrected chi connectivity index (χ0v) is 34.7. The molecule has 12 nitrogen and oxygen atoms in total. The Balaban J connectivity index is -0.000000232. The van der Waals surface area contributed by atoms with Crippen LogP contribution in [0.2, 0.25) is 0 Å². The highest BCUT2D eigenvalue weighted by molar-refractivity contribution is 8.13. The standard InChI is InChI=1S/C13H16F2O3S.C10H13F2NO2S.C9H7F2NO3.C3H7ClO2S.4CH4/c1-3-6-19(17,18)8-10-4-5-12(14)11(13(10)15)7-9(2)16;1-2-5-16(14,15)6-7-3-4-8(11)10(13)9(7)12;1-5(13)4-6-7(10)2-3-8(9(6)11)12(14)15;1-2-3-7(4,5)6;;;;/h4-5H,3,6-8H2,1-2H3;3-4H,2,5-6,13H2,1H3;2-3H,4H2,1H3;2-3H2,1H3;4*1H4. The Morgan fingerprint density at radius 2 is 0.951 bits per heavy atom. The number of nitrogens with two attached hydrogens (primary N) is 1. The van der Waals surface area contributed by atoms with E-state index in [0.717, 1.165) is 43.3 Å². The zero-order valence-electron chi connectivity index (χ0n) is 31.5. The fourth-order valence-corrected chi connectivity index (χ4v) is 8.39. The summed E-state index contributed by atoms with van der Waals surface area (Å²) in [5, 5.41) is 10.3. The molecule has 0 aliphatic rings. The van der Waals surface area contributed by atoms with E-state index in [9.17, 15) is 71.3 Å². The molecule has 0 heterocycles. The van der Waals surface area contributed by atoms with Gasteiger partial charge in [0.2, 0.25) is 14.9 Å². The molecule has 0 bridgehead atoms. The van der Waals surface area contributed by atoms with Gasteiger partial charge in [0.15, 0.2) is 25.5 Å². The highest BCUT2D eigenvalue weighted by atomic mass is 35.7. The molecule has 352 valence electrons. The average molecular weight is 962 g/mol. The van der Waals surface area contributed by atoms with Gasteiger partial charge in [0.1, 0.15) is 40.5 Å². The molecular formula is C39H59ClF6N2O10S3. The molecule has 0 unspecified atom stereocenters. The van der Waals surface area contributed by atoms with Crippen molar-refractivity contribution in [3.8, 4) is 0 Å². The Bertz CT molecular complexity index is 2230. The number of hydrogen-bond donors (Lipinski definition) is 1. The third kappa shape index (κ3) is 24.8. The number of nitro benzene ring substituents is 1. The summed E-state index contributed by atoms with van der Waals surface area (Å²) in [6.07, 6.45) is 0.622. The predicted octanol–water partition coefficient (Wildman–Crippen LogP) is 9.81. The Labute approximate surface area is 361 Å². The SMILES string of the molecule is C.C.C.C.CC(=O)Cc1c(F)ccc([N+](=O)[O-])c1F.CCCS(=O)(=O)Cc1ccc(F)c(CC(C)=O)c1F.CCCS(=O)(=O)Cc1ccc(F)c(N)c1F.CCCS(=O)(=O)Cl. The normalized spacial score (nSPS) is 10.5. The molecule has 0 spiro atoms. The molecule has 0 saturated carbocycles. The van der Waals surface area contributed by atoms with Gasteiger partial charge in [-0.1, -0.05) is 62.6 Å². The van der Waals surface area contributed by atoms with Crippen molar-refractivity contribution >= 4 is 62.3 Å². The Hall–Kier alpha value is -4.08. The van der Waals surface area contributed by atoms with Gasteiger partial charge in [-0.05, 0) is 51.3 Å². The van der Waals surface area contributed by atoms with Crippen LogP contribution in [0.3, 0.4) is 0 Å². The van der Waals surface area contributed by atoms with Crippen LogP contribution in [-0.2, 0) is 62.7 Å². The number of carbonyl (C=O) groups excluding carboxylic acids is 2. The summed E-state index contributed by atoms with van der Waals surface area (Å²) in [6, 6.07) is 5.69. The number of anilines is 1. The van der Waals surface area contributed by atoms with E-state index in [1.165, 1.54) is 6.92 Å². The van der Waals surface area contributed by atoms with Gasteiger partial charge in [-0.15, -0.1) is 0 Å². The number of Topliss-reactive ketones (excluding diaryl/α,β-unsaturated/α-hetero) is 2. The van der Waals surface area contributed by atoms with E-state index in [1.807, 2.05) is 0 Å². The van der Waals surface area contributed by atoms with E-state index in [-0.39, 0.29) is 75.9 Å². The second-order valence-electron chi connectivity index (χ2n) is 12.2. The monoisotopic (exact) mass is 960 g/mol. The van der Waals surface area contributed by atoms with Crippen molar-refractivity contribution in [2.75, 3.05) is 23.0 Å². The number of rotatable bonds is 15. The third-order valence-electron chi connectivity index (χ3n) is 6.92. The topological polar surface area (TPSA) is 206 Å². The number of benzene rings is 3. The van der Waals surface area contributed by atoms with Crippen molar-refractivity contribution in [3.05, 3.63) is 104 Å². The number of halogens is 7. The van der Waals surface area contributed by atoms with Gasteiger partial charge in [0.05, 0.1) is 33.7 Å². The molecule has 3 aromatic carbocycles. The van der Waals surface area contributed by atoms with E-state index >= 15 is 0 Å². The molecule has 0 aromatic heterocycles. The molecule has 61 heavy (non-hydrogen) atoms. The average Bonchev–Trinajstić information content (AvgIpc) is 3.06. The lowest BCUT2D eigenvalue weighted by Gasteiger charge is -2.09. The van der Waals surface area contributed by atoms with Crippen LogP contribution in [0.1, 0.15) is 106 Å². The molecule has 0 atom stereocenters. The van der Waals surface area contributed by atoms with Crippen LogP contribution in [0.15, 0.2) is 36.4 Å².